The fraction of sp³-hybridized carbons (Fsp3) is 0.500. The van der Waals surface area contributed by atoms with Gasteiger partial charge < -0.3 is 0 Å². The molecule has 1 aromatic carbocycles. The van der Waals surface area contributed by atoms with Crippen LogP contribution in [-0.4, -0.2) is 26.0 Å². The van der Waals surface area contributed by atoms with E-state index in [1.165, 1.54) is 10.9 Å². The van der Waals surface area contributed by atoms with Crippen LogP contribution in [0.2, 0.25) is 39.3 Å². The van der Waals surface area contributed by atoms with E-state index < -0.39 is 16.1 Å². The van der Waals surface area contributed by atoms with Crippen molar-refractivity contribution in [3.05, 3.63) is 35.9 Å². The number of hydrogen-bond donors (Lipinski definition) is 0. The molecule has 0 saturated heterocycles. The highest BCUT2D eigenvalue weighted by atomic mass is 32.1. The van der Waals surface area contributed by atoms with Crippen LogP contribution in [-0.2, 0) is 11.4 Å². The van der Waals surface area contributed by atoms with E-state index in [2.05, 4.69) is 81.0 Å². The van der Waals surface area contributed by atoms with Gasteiger partial charge in [0.2, 0.25) is 0 Å². The van der Waals surface area contributed by atoms with E-state index in [-0.39, 0.29) is 0 Å². The minimum Gasteiger partial charge on any atom is -0.0647 e. The SMILES string of the molecule is C[Si](C)(C)C[S+]=C(c1ccccc1)[Si](C)(C)C. The summed E-state index contributed by atoms with van der Waals surface area (Å²) in [4.78, 5) is 0. The lowest BCUT2D eigenvalue weighted by Gasteiger charge is -2.13. The molecule has 1 rings (SSSR count). The molecule has 0 spiro atoms. The second-order valence-corrected chi connectivity index (χ2v) is 19.1. The molecule has 0 amide bonds. The van der Waals surface area contributed by atoms with E-state index in [1.54, 1.807) is 4.49 Å². The molecule has 0 bridgehead atoms. The molecule has 0 aromatic heterocycles. The van der Waals surface area contributed by atoms with Crippen molar-refractivity contribution < 1.29 is 0 Å². The van der Waals surface area contributed by atoms with Crippen LogP contribution in [0.25, 0.3) is 0 Å². The molecular weight excluding hydrogens is 256 g/mol. The summed E-state index contributed by atoms with van der Waals surface area (Å²) < 4.78 is 1.67. The average molecular weight is 282 g/mol. The largest absolute Gasteiger partial charge is 0.180 e. The third-order valence-corrected chi connectivity index (χ3v) is 10.9. The van der Waals surface area contributed by atoms with Crippen molar-refractivity contribution in [3.8, 4) is 0 Å². The van der Waals surface area contributed by atoms with Crippen molar-refractivity contribution in [1.82, 2.24) is 0 Å². The summed E-state index contributed by atoms with van der Waals surface area (Å²) in [6.45, 7) is 14.7. The van der Waals surface area contributed by atoms with Crippen molar-refractivity contribution in [2.45, 2.75) is 39.3 Å². The summed E-state index contributed by atoms with van der Waals surface area (Å²) in [6.07, 6.45) is 0. The zero-order chi connectivity index (χ0) is 13.1. The smallest absolute Gasteiger partial charge is 0.0647 e. The van der Waals surface area contributed by atoms with Gasteiger partial charge in [0, 0.05) is 5.56 Å². The normalized spacial score (nSPS) is 13.9. The molecule has 0 N–H and O–H groups in total. The molecule has 0 atom stereocenters. The summed E-state index contributed by atoms with van der Waals surface area (Å²) >= 11 is 2.13. The van der Waals surface area contributed by atoms with E-state index in [0.29, 0.717) is 0 Å². The van der Waals surface area contributed by atoms with Crippen LogP contribution in [0, 0.1) is 0 Å². The Morgan fingerprint density at radius 1 is 0.941 bits per heavy atom. The van der Waals surface area contributed by atoms with Crippen molar-refractivity contribution in [2.75, 3.05) is 5.38 Å². The van der Waals surface area contributed by atoms with Crippen molar-refractivity contribution in [1.29, 1.82) is 0 Å². The zero-order valence-corrected chi connectivity index (χ0v) is 14.8. The van der Waals surface area contributed by atoms with Crippen LogP contribution in [0.5, 0.6) is 0 Å². The quantitative estimate of drug-likeness (QED) is 0.444. The van der Waals surface area contributed by atoms with E-state index in [0.717, 1.165) is 0 Å². The zero-order valence-electron chi connectivity index (χ0n) is 12.0. The molecular formula is C14H25SSi2+. The minimum absolute atomic E-state index is 0.967. The molecule has 3 heteroatoms. The third-order valence-electron chi connectivity index (χ3n) is 2.37. The first-order valence-electron chi connectivity index (χ1n) is 6.26. The Morgan fingerprint density at radius 3 is 1.88 bits per heavy atom. The highest BCUT2D eigenvalue weighted by Crippen LogP contribution is 2.13. The molecule has 1 aromatic rings. The Morgan fingerprint density at radius 2 is 1.47 bits per heavy atom. The Bertz CT molecular complexity index is 383. The monoisotopic (exact) mass is 281 g/mol. The first-order chi connectivity index (χ1) is 7.70. The minimum atomic E-state index is -1.23. The molecule has 0 aliphatic carbocycles. The van der Waals surface area contributed by atoms with Crippen LogP contribution in [0.4, 0.5) is 0 Å². The summed E-state index contributed by atoms with van der Waals surface area (Å²) in [7, 11) is -2.19. The lowest BCUT2D eigenvalue weighted by atomic mass is 10.2. The molecule has 0 saturated carbocycles. The van der Waals surface area contributed by atoms with Crippen LogP contribution < -0.4 is 0 Å². The molecule has 0 nitrogen and oxygen atoms in total. The van der Waals surface area contributed by atoms with E-state index in [4.69, 9.17) is 0 Å². The Hall–Kier alpha value is -0.256. The van der Waals surface area contributed by atoms with Gasteiger partial charge in [0.05, 0.1) is 0 Å². The van der Waals surface area contributed by atoms with E-state index >= 15 is 0 Å². The fourth-order valence-electron chi connectivity index (χ4n) is 1.61. The highest BCUT2D eigenvalue weighted by Gasteiger charge is 2.32. The van der Waals surface area contributed by atoms with Gasteiger partial charge in [-0.3, -0.25) is 0 Å². The van der Waals surface area contributed by atoms with Crippen LogP contribution in [0.3, 0.4) is 0 Å². The highest BCUT2D eigenvalue weighted by molar-refractivity contribution is 7.85. The van der Waals surface area contributed by atoms with Crippen molar-refractivity contribution in [3.63, 3.8) is 0 Å². The lowest BCUT2D eigenvalue weighted by molar-refractivity contribution is 1.66. The maximum Gasteiger partial charge on any atom is 0.180 e. The topological polar surface area (TPSA) is 0 Å². The molecule has 94 valence electrons. The van der Waals surface area contributed by atoms with Gasteiger partial charge in [0.15, 0.2) is 29.3 Å². The lowest BCUT2D eigenvalue weighted by Crippen LogP contribution is -2.37. The van der Waals surface area contributed by atoms with E-state index in [9.17, 15) is 0 Å². The van der Waals surface area contributed by atoms with Gasteiger partial charge >= 0.3 is 0 Å². The van der Waals surface area contributed by atoms with Gasteiger partial charge in [-0.2, -0.15) is 0 Å². The van der Waals surface area contributed by atoms with Crippen LogP contribution >= 0.6 is 0 Å². The van der Waals surface area contributed by atoms with Gasteiger partial charge in [0.25, 0.3) is 0 Å². The molecule has 0 radical (unpaired) electrons. The summed E-state index contributed by atoms with van der Waals surface area (Å²) in [5, 5.41) is 1.33. The van der Waals surface area contributed by atoms with Crippen LogP contribution in [0.15, 0.2) is 30.3 Å². The molecule has 0 heterocycles. The maximum atomic E-state index is 2.45. The maximum absolute atomic E-state index is 2.45. The third kappa shape index (κ3) is 5.27. The van der Waals surface area contributed by atoms with Gasteiger partial charge in [0.1, 0.15) is 8.07 Å². The molecule has 17 heavy (non-hydrogen) atoms. The summed E-state index contributed by atoms with van der Waals surface area (Å²) in [5.41, 5.74) is 1.45. The number of rotatable bonds is 4. The predicted octanol–water partition coefficient (Wildman–Crippen LogP) is 4.04. The van der Waals surface area contributed by atoms with Gasteiger partial charge in [-0.1, -0.05) is 69.6 Å². The van der Waals surface area contributed by atoms with E-state index in [1.807, 2.05) is 0 Å². The first kappa shape index (κ1) is 14.8. The average Bonchev–Trinajstić information content (AvgIpc) is 2.15. The number of benzene rings is 1. The second kappa shape index (κ2) is 5.59. The second-order valence-electron chi connectivity index (χ2n) is 6.79. The molecule has 0 unspecified atom stereocenters. The Labute approximate surface area is 112 Å². The van der Waals surface area contributed by atoms with Crippen molar-refractivity contribution in [2.24, 2.45) is 0 Å². The number of hydrogen-bond acceptors (Lipinski definition) is 0. The van der Waals surface area contributed by atoms with Crippen molar-refractivity contribution >= 4 is 32.0 Å². The first-order valence-corrected chi connectivity index (χ1v) is 14.4. The van der Waals surface area contributed by atoms with Gasteiger partial charge in [-0.15, -0.1) is 0 Å². The Balaban J connectivity index is 3.07. The van der Waals surface area contributed by atoms with Gasteiger partial charge in [-0.05, 0) is 0 Å². The summed E-state index contributed by atoms with van der Waals surface area (Å²) in [5.74, 6) is 0. The van der Waals surface area contributed by atoms with Crippen LogP contribution in [0.1, 0.15) is 5.56 Å². The standard InChI is InChI=1S/C14H25SSi2/c1-16(2,3)12-15-14(17(4,5)6)13-10-8-7-9-11-13/h7-11H,12H2,1-6H3/q+1. The molecule has 0 aliphatic heterocycles. The fourth-order valence-corrected chi connectivity index (χ4v) is 7.64. The molecule has 0 fully saturated rings. The predicted molar refractivity (Wildman–Crippen MR) is 89.5 cm³/mol. The molecule has 0 aliphatic rings. The summed E-state index contributed by atoms with van der Waals surface area (Å²) in [6, 6.07) is 11.0. The van der Waals surface area contributed by atoms with Gasteiger partial charge in [-0.25, -0.2) is 0 Å². The Kier molecular flexibility index (Phi) is 4.87.